The zero-order valence-electron chi connectivity index (χ0n) is 17.0. The molecule has 1 atom stereocenters. The number of carbonyl (C=O) groups excluding carboxylic acids is 1. The molecule has 1 aliphatic heterocycles. The van der Waals surface area contributed by atoms with Crippen molar-refractivity contribution < 1.29 is 9.90 Å². The number of ketones is 1. The number of aliphatic hydroxyl groups excluding tert-OH is 1. The molecule has 1 saturated heterocycles. The first-order valence-electron chi connectivity index (χ1n) is 10.5. The summed E-state index contributed by atoms with van der Waals surface area (Å²) in [5.41, 5.74) is 0.871. The van der Waals surface area contributed by atoms with Crippen molar-refractivity contribution in [2.75, 3.05) is 19.6 Å². The number of nitrogens with zero attached hydrogens (tertiary/aromatic N) is 3. The van der Waals surface area contributed by atoms with Crippen LogP contribution in [-0.2, 0) is 6.54 Å². The first-order valence-corrected chi connectivity index (χ1v) is 10.5. The maximum Gasteiger partial charge on any atom is 0.282 e. The molecule has 1 aliphatic rings. The molecule has 6 heteroatoms. The first-order chi connectivity index (χ1) is 14.6. The summed E-state index contributed by atoms with van der Waals surface area (Å²) >= 11 is 0. The van der Waals surface area contributed by atoms with Gasteiger partial charge in [-0.05, 0) is 38.1 Å². The minimum Gasteiger partial charge on any atom is -0.390 e. The van der Waals surface area contributed by atoms with Gasteiger partial charge >= 0.3 is 0 Å². The smallest absolute Gasteiger partial charge is 0.282 e. The predicted molar refractivity (Wildman–Crippen MR) is 116 cm³/mol. The summed E-state index contributed by atoms with van der Waals surface area (Å²) in [6, 6.07) is 18.0. The van der Waals surface area contributed by atoms with Gasteiger partial charge in [-0.1, -0.05) is 55.0 Å². The molecule has 2 aromatic carbocycles. The largest absolute Gasteiger partial charge is 0.390 e. The van der Waals surface area contributed by atoms with E-state index in [0.717, 1.165) is 25.9 Å². The lowest BCUT2D eigenvalue weighted by atomic mass is 10.1. The molecule has 2 heterocycles. The van der Waals surface area contributed by atoms with E-state index in [1.807, 2.05) is 36.4 Å². The van der Waals surface area contributed by atoms with E-state index < -0.39 is 6.10 Å². The highest BCUT2D eigenvalue weighted by Gasteiger charge is 2.22. The van der Waals surface area contributed by atoms with E-state index >= 15 is 0 Å². The number of para-hydroxylation sites is 1. The van der Waals surface area contributed by atoms with Gasteiger partial charge in [0, 0.05) is 18.3 Å². The quantitative estimate of drug-likeness (QED) is 0.614. The number of hydrogen-bond donors (Lipinski definition) is 1. The van der Waals surface area contributed by atoms with Crippen molar-refractivity contribution in [3.05, 3.63) is 88.3 Å². The van der Waals surface area contributed by atoms with Crippen LogP contribution in [0.5, 0.6) is 0 Å². The third kappa shape index (κ3) is 4.45. The molecular weight excluding hydrogens is 378 g/mol. The second-order valence-corrected chi connectivity index (χ2v) is 7.83. The van der Waals surface area contributed by atoms with Gasteiger partial charge in [0.15, 0.2) is 5.78 Å². The Morgan fingerprint density at radius 3 is 2.20 bits per heavy atom. The van der Waals surface area contributed by atoms with Gasteiger partial charge in [0.1, 0.15) is 5.56 Å². The van der Waals surface area contributed by atoms with Crippen LogP contribution in [-0.4, -0.2) is 50.9 Å². The molecule has 1 aromatic heterocycles. The van der Waals surface area contributed by atoms with Crippen LogP contribution < -0.4 is 5.56 Å². The zero-order valence-corrected chi connectivity index (χ0v) is 17.0. The first kappa shape index (κ1) is 20.3. The molecule has 0 radical (unpaired) electrons. The zero-order chi connectivity index (χ0) is 20.9. The fraction of sp³-hybridized carbons (Fsp3) is 0.333. The van der Waals surface area contributed by atoms with Gasteiger partial charge in [-0.15, -0.1) is 0 Å². The summed E-state index contributed by atoms with van der Waals surface area (Å²) in [5.74, 6) is -0.311. The van der Waals surface area contributed by atoms with E-state index in [0.29, 0.717) is 17.8 Å². The lowest BCUT2D eigenvalue weighted by Crippen LogP contribution is -2.39. The molecule has 4 rings (SSSR count). The van der Waals surface area contributed by atoms with E-state index in [1.165, 1.54) is 11.1 Å². The van der Waals surface area contributed by atoms with Crippen molar-refractivity contribution in [3.8, 4) is 5.69 Å². The molecule has 1 fully saturated rings. The normalized spacial score (nSPS) is 15.8. The van der Waals surface area contributed by atoms with Crippen molar-refractivity contribution >= 4 is 5.78 Å². The number of likely N-dealkylation sites (tertiary alicyclic amines) is 1. The van der Waals surface area contributed by atoms with Gasteiger partial charge in [0.05, 0.1) is 18.3 Å². The topological polar surface area (TPSA) is 67.5 Å². The number of hydrogen-bond acceptors (Lipinski definition) is 4. The molecule has 1 unspecified atom stereocenters. The number of rotatable bonds is 7. The van der Waals surface area contributed by atoms with Crippen molar-refractivity contribution in [3.63, 3.8) is 0 Å². The summed E-state index contributed by atoms with van der Waals surface area (Å²) in [5, 5.41) is 10.7. The van der Waals surface area contributed by atoms with Crippen LogP contribution in [0.3, 0.4) is 0 Å². The SMILES string of the molecule is O=C(c1ccccc1)c1cn(CC(O)CN2CCCCC2)n(-c2ccccc2)c1=O. The molecule has 0 spiro atoms. The molecule has 0 amide bonds. The third-order valence-corrected chi connectivity index (χ3v) is 5.55. The Bertz CT molecular complexity index is 1030. The molecule has 0 saturated carbocycles. The Morgan fingerprint density at radius 2 is 1.53 bits per heavy atom. The van der Waals surface area contributed by atoms with Crippen molar-refractivity contribution in [1.82, 2.24) is 14.3 Å². The maximum atomic E-state index is 13.2. The molecule has 156 valence electrons. The lowest BCUT2D eigenvalue weighted by molar-refractivity contribution is 0.0837. The molecule has 0 aliphatic carbocycles. The highest BCUT2D eigenvalue weighted by molar-refractivity contribution is 6.08. The molecule has 6 nitrogen and oxygen atoms in total. The van der Waals surface area contributed by atoms with Gasteiger partial charge in [-0.25, -0.2) is 4.68 Å². The van der Waals surface area contributed by atoms with Crippen LogP contribution in [0.25, 0.3) is 5.69 Å². The van der Waals surface area contributed by atoms with Crippen molar-refractivity contribution in [2.24, 2.45) is 0 Å². The van der Waals surface area contributed by atoms with Crippen LogP contribution in [0.2, 0.25) is 0 Å². The number of benzene rings is 2. The van der Waals surface area contributed by atoms with Crippen LogP contribution >= 0.6 is 0 Å². The van der Waals surface area contributed by atoms with Gasteiger partial charge < -0.3 is 10.0 Å². The lowest BCUT2D eigenvalue weighted by Gasteiger charge is -2.28. The Kier molecular flexibility index (Phi) is 6.26. The van der Waals surface area contributed by atoms with E-state index in [9.17, 15) is 14.7 Å². The average molecular weight is 405 g/mol. The Labute approximate surface area is 176 Å². The maximum absolute atomic E-state index is 13.2. The Morgan fingerprint density at radius 1 is 0.900 bits per heavy atom. The van der Waals surface area contributed by atoms with Crippen molar-refractivity contribution in [1.29, 1.82) is 0 Å². The van der Waals surface area contributed by atoms with E-state index in [1.54, 1.807) is 35.1 Å². The summed E-state index contributed by atoms with van der Waals surface area (Å²) in [4.78, 5) is 28.4. The third-order valence-electron chi connectivity index (χ3n) is 5.55. The van der Waals surface area contributed by atoms with E-state index in [-0.39, 0.29) is 23.5 Å². The number of carbonyl (C=O) groups is 1. The predicted octanol–water partition coefficient (Wildman–Crippen LogP) is 2.72. The number of piperidine rings is 1. The van der Waals surface area contributed by atoms with E-state index in [4.69, 9.17) is 0 Å². The fourth-order valence-electron chi connectivity index (χ4n) is 4.08. The second kappa shape index (κ2) is 9.24. The fourth-order valence-corrected chi connectivity index (χ4v) is 4.08. The highest BCUT2D eigenvalue weighted by atomic mass is 16.3. The van der Waals surface area contributed by atoms with Gasteiger partial charge in [-0.3, -0.25) is 14.3 Å². The molecule has 30 heavy (non-hydrogen) atoms. The average Bonchev–Trinajstić information content (AvgIpc) is 3.10. The van der Waals surface area contributed by atoms with Crippen LogP contribution in [0.1, 0.15) is 35.2 Å². The monoisotopic (exact) mass is 405 g/mol. The molecule has 1 N–H and O–H groups in total. The number of β-amino-alcohol motifs (C(OH)–C–C–N with tert-alkyl or cyclic N) is 1. The summed E-state index contributed by atoms with van der Waals surface area (Å²) < 4.78 is 3.15. The summed E-state index contributed by atoms with van der Waals surface area (Å²) in [6.45, 7) is 2.78. The Hall–Kier alpha value is -2.96. The summed E-state index contributed by atoms with van der Waals surface area (Å²) in [7, 11) is 0. The molecular formula is C24H27N3O3. The second-order valence-electron chi connectivity index (χ2n) is 7.83. The highest BCUT2D eigenvalue weighted by Crippen LogP contribution is 2.13. The van der Waals surface area contributed by atoms with Crippen LogP contribution in [0.4, 0.5) is 0 Å². The molecule has 0 bridgehead atoms. The van der Waals surface area contributed by atoms with Crippen molar-refractivity contribution in [2.45, 2.75) is 31.9 Å². The summed E-state index contributed by atoms with van der Waals surface area (Å²) in [6.07, 6.45) is 4.48. The van der Waals surface area contributed by atoms with E-state index in [2.05, 4.69) is 4.90 Å². The van der Waals surface area contributed by atoms with Gasteiger partial charge in [-0.2, -0.15) is 0 Å². The number of aromatic nitrogens is 2. The minimum absolute atomic E-state index is 0.107. The van der Waals surface area contributed by atoms with Crippen LogP contribution in [0.15, 0.2) is 71.7 Å². The standard InChI is InChI=1S/C24H27N3O3/c28-21(16-25-14-8-3-9-15-25)17-26-18-22(23(29)19-10-4-1-5-11-19)24(30)27(26)20-12-6-2-7-13-20/h1-2,4-7,10-13,18,21,28H,3,8-9,14-17H2. The number of aliphatic hydroxyl groups is 1. The minimum atomic E-state index is -0.635. The molecule has 3 aromatic rings. The Balaban J connectivity index is 1.66. The van der Waals surface area contributed by atoms with Crippen LogP contribution in [0, 0.1) is 0 Å². The van der Waals surface area contributed by atoms with Gasteiger partial charge in [0.2, 0.25) is 0 Å². The van der Waals surface area contributed by atoms with Gasteiger partial charge in [0.25, 0.3) is 5.56 Å².